The van der Waals surface area contributed by atoms with E-state index in [2.05, 4.69) is 5.32 Å². The second kappa shape index (κ2) is 7.73. The normalized spacial score (nSPS) is 35.1. The van der Waals surface area contributed by atoms with E-state index in [0.717, 1.165) is 0 Å². The number of methoxy groups -OCH3 is 2. The number of amides is 1. The maximum Gasteiger partial charge on any atom is 0.217 e. The Morgan fingerprint density at radius 2 is 2.11 bits per heavy atom. The van der Waals surface area contributed by atoms with Gasteiger partial charge < -0.3 is 34.5 Å². The van der Waals surface area contributed by atoms with Crippen LogP contribution in [0.1, 0.15) is 6.92 Å². The minimum atomic E-state index is -1.04. The first kappa shape index (κ1) is 16.3. The number of hydrogen-bond donors (Lipinski definition) is 3. The Kier molecular flexibility index (Phi) is 6.63. The molecule has 112 valence electrons. The van der Waals surface area contributed by atoms with Crippen LogP contribution in [0.4, 0.5) is 0 Å². The maximum absolute atomic E-state index is 11.1. The van der Waals surface area contributed by atoms with E-state index in [9.17, 15) is 9.90 Å². The molecule has 0 radical (unpaired) electrons. The van der Waals surface area contributed by atoms with Crippen molar-refractivity contribution in [2.75, 3.05) is 27.6 Å². The summed E-state index contributed by atoms with van der Waals surface area (Å²) in [6.45, 7) is 0.907. The molecule has 0 aromatic rings. The Morgan fingerprint density at radius 1 is 1.42 bits per heavy atom. The van der Waals surface area contributed by atoms with Crippen LogP contribution in [0.15, 0.2) is 0 Å². The fourth-order valence-corrected chi connectivity index (χ4v) is 2.11. The molecular weight excluding hydrogens is 258 g/mol. The fourth-order valence-electron chi connectivity index (χ4n) is 2.11. The predicted octanol–water partition coefficient (Wildman–Crippen LogP) is -1.80. The maximum atomic E-state index is 11.1. The van der Waals surface area contributed by atoms with Crippen LogP contribution in [0, 0.1) is 0 Å². The van der Waals surface area contributed by atoms with Crippen LogP contribution in [0.2, 0.25) is 0 Å². The monoisotopic (exact) mass is 279 g/mol. The Morgan fingerprint density at radius 3 is 2.58 bits per heavy atom. The van der Waals surface area contributed by atoms with Gasteiger partial charge in [-0.2, -0.15) is 0 Å². The van der Waals surface area contributed by atoms with E-state index >= 15 is 0 Å². The summed E-state index contributed by atoms with van der Waals surface area (Å²) in [6, 6.07) is -0.831. The van der Waals surface area contributed by atoms with Gasteiger partial charge in [-0.15, -0.1) is 0 Å². The van der Waals surface area contributed by atoms with Crippen LogP contribution in [-0.2, 0) is 23.7 Å². The molecule has 1 saturated heterocycles. The summed E-state index contributed by atoms with van der Waals surface area (Å²) >= 11 is 0. The molecule has 0 aliphatic carbocycles. The molecule has 19 heavy (non-hydrogen) atoms. The van der Waals surface area contributed by atoms with Crippen LogP contribution in [0.5, 0.6) is 0 Å². The van der Waals surface area contributed by atoms with Crippen molar-refractivity contribution in [3.8, 4) is 0 Å². The van der Waals surface area contributed by atoms with E-state index in [-0.39, 0.29) is 12.5 Å². The topological polar surface area (TPSA) is 106 Å². The van der Waals surface area contributed by atoms with Gasteiger partial charge in [-0.3, -0.25) is 4.79 Å². The van der Waals surface area contributed by atoms with E-state index in [1.807, 2.05) is 0 Å². The highest BCUT2D eigenvalue weighted by Gasteiger charge is 2.46. The van der Waals surface area contributed by atoms with Crippen LogP contribution < -0.4 is 5.32 Å². The molecule has 0 aromatic carbocycles. The highest BCUT2D eigenvalue weighted by atomic mass is 16.7. The van der Waals surface area contributed by atoms with Crippen molar-refractivity contribution in [3.63, 3.8) is 0 Å². The van der Waals surface area contributed by atoms with Gasteiger partial charge in [-0.25, -0.2) is 0 Å². The Labute approximate surface area is 111 Å². The minimum Gasteiger partial charge on any atom is -0.388 e. The van der Waals surface area contributed by atoms with E-state index in [1.165, 1.54) is 21.1 Å². The van der Waals surface area contributed by atoms with Gasteiger partial charge in [0.05, 0.1) is 6.61 Å². The molecular formula is C11H21NO7. The first-order valence-corrected chi connectivity index (χ1v) is 5.90. The quantitative estimate of drug-likeness (QED) is 0.493. The smallest absolute Gasteiger partial charge is 0.217 e. The second-order valence-corrected chi connectivity index (χ2v) is 4.21. The number of carbonyl (C=O) groups is 1. The minimum absolute atomic E-state index is 0.188. The lowest BCUT2D eigenvalue weighted by atomic mass is 9.96. The van der Waals surface area contributed by atoms with Crippen LogP contribution in [0.3, 0.4) is 0 Å². The highest BCUT2D eigenvalue weighted by Crippen LogP contribution is 2.24. The lowest BCUT2D eigenvalue weighted by Crippen LogP contribution is -2.65. The summed E-state index contributed by atoms with van der Waals surface area (Å²) in [7, 11) is 2.92. The highest BCUT2D eigenvalue weighted by molar-refractivity contribution is 5.73. The third-order valence-corrected chi connectivity index (χ3v) is 2.88. The average Bonchev–Trinajstić information content (AvgIpc) is 2.35. The summed E-state index contributed by atoms with van der Waals surface area (Å²) in [4.78, 5) is 11.1. The Bertz CT molecular complexity index is 286. The zero-order chi connectivity index (χ0) is 14.4. The average molecular weight is 279 g/mol. The van der Waals surface area contributed by atoms with Crippen molar-refractivity contribution in [2.45, 2.75) is 37.6 Å². The molecule has 0 bridgehead atoms. The van der Waals surface area contributed by atoms with Gasteiger partial charge >= 0.3 is 0 Å². The lowest BCUT2D eigenvalue weighted by Gasteiger charge is -2.43. The predicted molar refractivity (Wildman–Crippen MR) is 63.1 cm³/mol. The lowest BCUT2D eigenvalue weighted by molar-refractivity contribution is -0.288. The van der Waals surface area contributed by atoms with Gasteiger partial charge in [-0.05, 0) is 0 Å². The van der Waals surface area contributed by atoms with Crippen molar-refractivity contribution >= 4 is 5.91 Å². The zero-order valence-electron chi connectivity index (χ0n) is 11.2. The molecule has 0 aromatic heterocycles. The summed E-state index contributed by atoms with van der Waals surface area (Å²) < 4.78 is 20.7. The third-order valence-electron chi connectivity index (χ3n) is 2.88. The Hall–Kier alpha value is -0.770. The van der Waals surface area contributed by atoms with Crippen LogP contribution >= 0.6 is 0 Å². The van der Waals surface area contributed by atoms with Gasteiger partial charge in [0.15, 0.2) is 6.29 Å². The Balaban J connectivity index is 2.85. The van der Waals surface area contributed by atoms with Crippen molar-refractivity contribution < 1.29 is 34.0 Å². The largest absolute Gasteiger partial charge is 0.388 e. The van der Waals surface area contributed by atoms with Gasteiger partial charge in [0.25, 0.3) is 0 Å². The van der Waals surface area contributed by atoms with E-state index in [4.69, 9.17) is 24.1 Å². The van der Waals surface area contributed by atoms with E-state index in [0.29, 0.717) is 0 Å². The molecule has 1 aliphatic heterocycles. The van der Waals surface area contributed by atoms with E-state index < -0.39 is 37.4 Å². The van der Waals surface area contributed by atoms with Gasteiger partial charge in [0.2, 0.25) is 5.91 Å². The van der Waals surface area contributed by atoms with Crippen molar-refractivity contribution in [1.29, 1.82) is 0 Å². The number of nitrogens with one attached hydrogen (secondary N) is 1. The molecule has 5 unspecified atom stereocenters. The molecule has 5 atom stereocenters. The van der Waals surface area contributed by atoms with E-state index in [1.54, 1.807) is 0 Å². The van der Waals surface area contributed by atoms with Crippen LogP contribution in [0.25, 0.3) is 0 Å². The fraction of sp³-hybridized carbons (Fsp3) is 0.909. The summed E-state index contributed by atoms with van der Waals surface area (Å²) in [5.74, 6) is -0.348. The van der Waals surface area contributed by atoms with Crippen molar-refractivity contribution in [1.82, 2.24) is 5.32 Å². The standard InChI is InChI=1S/C11H21NO7/c1-6(14)12-8-9(15)10(17-3)7(4-16-2)19-11(8)18-5-13/h7-11,13,15H,4-5H2,1-3H3,(H,12,14). The van der Waals surface area contributed by atoms with Gasteiger partial charge in [0, 0.05) is 21.1 Å². The summed E-state index contributed by atoms with van der Waals surface area (Å²) in [6.07, 6.45) is -3.25. The number of carbonyl (C=O) groups excluding carboxylic acids is 1. The number of aliphatic hydroxyl groups excluding tert-OH is 2. The summed E-state index contributed by atoms with van der Waals surface area (Å²) in [5.41, 5.74) is 0. The molecule has 8 nitrogen and oxygen atoms in total. The van der Waals surface area contributed by atoms with Crippen LogP contribution in [-0.4, -0.2) is 74.4 Å². The number of rotatable bonds is 6. The zero-order valence-corrected chi connectivity index (χ0v) is 11.2. The molecule has 3 N–H and O–H groups in total. The molecule has 8 heteroatoms. The number of aliphatic hydroxyl groups is 2. The molecule has 0 saturated carbocycles. The first-order chi connectivity index (χ1) is 9.04. The molecule has 1 rings (SSSR count). The van der Waals surface area contributed by atoms with Gasteiger partial charge in [0.1, 0.15) is 31.1 Å². The number of ether oxygens (including phenoxy) is 4. The molecule has 0 spiro atoms. The third kappa shape index (κ3) is 4.10. The summed E-state index contributed by atoms with van der Waals surface area (Å²) in [5, 5.41) is 21.6. The molecule has 1 fully saturated rings. The SMILES string of the molecule is COCC1OC(OCO)C(NC(C)=O)C(O)C1OC. The molecule has 1 amide bonds. The van der Waals surface area contributed by atoms with Crippen molar-refractivity contribution in [2.24, 2.45) is 0 Å². The first-order valence-electron chi connectivity index (χ1n) is 5.90. The van der Waals surface area contributed by atoms with Crippen molar-refractivity contribution in [3.05, 3.63) is 0 Å². The molecule has 1 aliphatic rings. The van der Waals surface area contributed by atoms with Gasteiger partial charge in [-0.1, -0.05) is 0 Å². The number of hydrogen-bond acceptors (Lipinski definition) is 7. The second-order valence-electron chi connectivity index (χ2n) is 4.21. The molecule has 1 heterocycles.